The Morgan fingerprint density at radius 2 is 1.85 bits per heavy atom. The van der Waals surface area contributed by atoms with Crippen LogP contribution in [0.15, 0.2) is 0 Å². The molecule has 0 radical (unpaired) electrons. The third-order valence-electron chi connectivity index (χ3n) is 4.88. The molecule has 0 spiro atoms. The van der Waals surface area contributed by atoms with E-state index >= 15 is 0 Å². The molecule has 1 N–H and O–H groups in total. The summed E-state index contributed by atoms with van der Waals surface area (Å²) in [5.41, 5.74) is 0. The van der Waals surface area contributed by atoms with Gasteiger partial charge < -0.3 is 14.9 Å². The SMILES string of the molecule is CCN(C(=O)N1CC(C(C)C(=O)O)C1)C1CCCCC1. The van der Waals surface area contributed by atoms with Gasteiger partial charge in [0, 0.05) is 31.6 Å². The van der Waals surface area contributed by atoms with Gasteiger partial charge in [0.05, 0.1) is 5.92 Å². The van der Waals surface area contributed by atoms with Crippen LogP contribution in [0.5, 0.6) is 0 Å². The molecule has 1 saturated carbocycles. The molecule has 2 fully saturated rings. The number of carbonyl (C=O) groups excluding carboxylic acids is 1. The van der Waals surface area contributed by atoms with Crippen LogP contribution in [0.4, 0.5) is 4.79 Å². The van der Waals surface area contributed by atoms with Crippen molar-refractivity contribution in [3.63, 3.8) is 0 Å². The molecule has 1 aliphatic carbocycles. The molecule has 1 atom stereocenters. The number of carboxylic acid groups (broad SMARTS) is 1. The first-order valence-electron chi connectivity index (χ1n) is 7.83. The lowest BCUT2D eigenvalue weighted by molar-refractivity contribution is -0.145. The maximum absolute atomic E-state index is 12.5. The molecular weight excluding hydrogens is 256 g/mol. The summed E-state index contributed by atoms with van der Waals surface area (Å²) in [6.45, 7) is 5.70. The molecule has 20 heavy (non-hydrogen) atoms. The van der Waals surface area contributed by atoms with Crippen LogP contribution in [0.2, 0.25) is 0 Å². The second-order valence-corrected chi connectivity index (χ2v) is 6.15. The zero-order valence-electron chi connectivity index (χ0n) is 12.5. The average molecular weight is 282 g/mol. The molecule has 1 saturated heterocycles. The van der Waals surface area contributed by atoms with Crippen molar-refractivity contribution in [1.29, 1.82) is 0 Å². The Labute approximate surface area is 120 Å². The number of carboxylic acids is 1. The van der Waals surface area contributed by atoms with E-state index in [1.54, 1.807) is 6.92 Å². The highest BCUT2D eigenvalue weighted by atomic mass is 16.4. The third-order valence-corrected chi connectivity index (χ3v) is 4.88. The first kappa shape index (κ1) is 15.1. The van der Waals surface area contributed by atoms with E-state index in [4.69, 9.17) is 5.11 Å². The fraction of sp³-hybridized carbons (Fsp3) is 0.867. The topological polar surface area (TPSA) is 60.9 Å². The normalized spacial score (nSPS) is 22.2. The summed E-state index contributed by atoms with van der Waals surface area (Å²) in [6, 6.07) is 0.491. The quantitative estimate of drug-likeness (QED) is 0.861. The minimum absolute atomic E-state index is 0.105. The molecule has 0 aromatic heterocycles. The fourth-order valence-corrected chi connectivity index (χ4v) is 3.31. The molecule has 2 rings (SSSR count). The van der Waals surface area contributed by atoms with Gasteiger partial charge in [-0.05, 0) is 19.8 Å². The number of nitrogens with zero attached hydrogens (tertiary/aromatic N) is 2. The van der Waals surface area contributed by atoms with Crippen LogP contribution in [0.25, 0.3) is 0 Å². The molecule has 1 unspecified atom stereocenters. The molecule has 2 amide bonds. The zero-order chi connectivity index (χ0) is 14.7. The molecule has 114 valence electrons. The maximum Gasteiger partial charge on any atom is 0.320 e. The number of rotatable bonds is 4. The van der Waals surface area contributed by atoms with Crippen LogP contribution in [0.3, 0.4) is 0 Å². The van der Waals surface area contributed by atoms with E-state index in [0.29, 0.717) is 19.1 Å². The van der Waals surface area contributed by atoms with Crippen LogP contribution in [0.1, 0.15) is 46.0 Å². The Balaban J connectivity index is 1.86. The number of hydrogen-bond acceptors (Lipinski definition) is 2. The first-order chi connectivity index (χ1) is 9.54. The van der Waals surface area contributed by atoms with E-state index in [-0.39, 0.29) is 17.9 Å². The number of hydrogen-bond donors (Lipinski definition) is 1. The van der Waals surface area contributed by atoms with Gasteiger partial charge in [-0.2, -0.15) is 0 Å². The van der Waals surface area contributed by atoms with Crippen LogP contribution >= 0.6 is 0 Å². The van der Waals surface area contributed by atoms with Gasteiger partial charge in [-0.1, -0.05) is 26.2 Å². The van der Waals surface area contributed by atoms with E-state index in [2.05, 4.69) is 0 Å². The first-order valence-corrected chi connectivity index (χ1v) is 7.83. The summed E-state index contributed by atoms with van der Waals surface area (Å²) in [5, 5.41) is 8.99. The van der Waals surface area contributed by atoms with Gasteiger partial charge >= 0.3 is 12.0 Å². The Morgan fingerprint density at radius 3 is 2.35 bits per heavy atom. The molecule has 0 aromatic rings. The maximum atomic E-state index is 12.5. The Kier molecular flexibility index (Phi) is 4.89. The van der Waals surface area contributed by atoms with Crippen LogP contribution in [-0.2, 0) is 4.79 Å². The van der Waals surface area contributed by atoms with E-state index in [1.165, 1.54) is 19.3 Å². The van der Waals surface area contributed by atoms with Crippen molar-refractivity contribution < 1.29 is 14.7 Å². The lowest BCUT2D eigenvalue weighted by Crippen LogP contribution is -2.59. The van der Waals surface area contributed by atoms with Crippen molar-refractivity contribution in [3.8, 4) is 0 Å². The summed E-state index contributed by atoms with van der Waals surface area (Å²) >= 11 is 0. The number of urea groups is 1. The Morgan fingerprint density at radius 1 is 1.25 bits per heavy atom. The standard InChI is InChI=1S/C15H26N2O3/c1-3-17(13-7-5-4-6-8-13)15(20)16-9-12(10-16)11(2)14(18)19/h11-13H,3-10H2,1-2H3,(H,18,19). The van der Waals surface area contributed by atoms with Gasteiger partial charge in [0.2, 0.25) is 0 Å². The molecule has 0 aromatic carbocycles. The molecular formula is C15H26N2O3. The lowest BCUT2D eigenvalue weighted by atomic mass is 9.87. The van der Waals surface area contributed by atoms with Crippen molar-refractivity contribution in [1.82, 2.24) is 9.80 Å². The zero-order valence-corrected chi connectivity index (χ0v) is 12.5. The summed E-state index contributed by atoms with van der Waals surface area (Å²) in [7, 11) is 0. The highest BCUT2D eigenvalue weighted by molar-refractivity contribution is 5.76. The largest absolute Gasteiger partial charge is 0.481 e. The van der Waals surface area contributed by atoms with Gasteiger partial charge in [0.25, 0.3) is 0 Å². The molecule has 1 aliphatic heterocycles. The molecule has 0 bridgehead atoms. The van der Waals surface area contributed by atoms with E-state index in [0.717, 1.165) is 19.4 Å². The summed E-state index contributed by atoms with van der Waals surface area (Å²) in [4.78, 5) is 27.2. The van der Waals surface area contributed by atoms with Crippen LogP contribution in [-0.4, -0.2) is 52.6 Å². The van der Waals surface area contributed by atoms with Crippen LogP contribution in [0, 0.1) is 11.8 Å². The van der Waals surface area contributed by atoms with Crippen molar-refractivity contribution >= 4 is 12.0 Å². The van der Waals surface area contributed by atoms with E-state index in [1.807, 2.05) is 16.7 Å². The van der Waals surface area contributed by atoms with Crippen molar-refractivity contribution in [2.45, 2.75) is 52.0 Å². The van der Waals surface area contributed by atoms with Crippen molar-refractivity contribution in [2.24, 2.45) is 11.8 Å². The third kappa shape index (κ3) is 3.07. The van der Waals surface area contributed by atoms with Gasteiger partial charge in [-0.3, -0.25) is 4.79 Å². The minimum Gasteiger partial charge on any atom is -0.481 e. The smallest absolute Gasteiger partial charge is 0.320 e. The van der Waals surface area contributed by atoms with Crippen LogP contribution < -0.4 is 0 Å². The highest BCUT2D eigenvalue weighted by Gasteiger charge is 2.39. The average Bonchev–Trinajstić information content (AvgIpc) is 2.39. The number of amides is 2. The Bertz CT molecular complexity index is 360. The lowest BCUT2D eigenvalue weighted by Gasteiger charge is -2.45. The Hall–Kier alpha value is -1.26. The summed E-state index contributed by atoms with van der Waals surface area (Å²) < 4.78 is 0. The number of aliphatic carboxylic acids is 1. The van der Waals surface area contributed by atoms with E-state index < -0.39 is 5.97 Å². The van der Waals surface area contributed by atoms with Crippen molar-refractivity contribution in [3.05, 3.63) is 0 Å². The predicted octanol–water partition coefficient (Wildman–Crippen LogP) is 2.41. The minimum atomic E-state index is -0.762. The van der Waals surface area contributed by atoms with Gasteiger partial charge in [0.15, 0.2) is 0 Å². The van der Waals surface area contributed by atoms with Gasteiger partial charge in [-0.25, -0.2) is 4.79 Å². The predicted molar refractivity (Wildman–Crippen MR) is 76.5 cm³/mol. The monoisotopic (exact) mass is 282 g/mol. The van der Waals surface area contributed by atoms with Crippen molar-refractivity contribution in [2.75, 3.05) is 19.6 Å². The second kappa shape index (κ2) is 6.46. The van der Waals surface area contributed by atoms with E-state index in [9.17, 15) is 9.59 Å². The highest BCUT2D eigenvalue weighted by Crippen LogP contribution is 2.28. The second-order valence-electron chi connectivity index (χ2n) is 6.15. The number of carbonyl (C=O) groups is 2. The summed E-state index contributed by atoms with van der Waals surface area (Å²) in [6.07, 6.45) is 5.94. The van der Waals surface area contributed by atoms with Gasteiger partial charge in [0.1, 0.15) is 0 Å². The fourth-order valence-electron chi connectivity index (χ4n) is 3.31. The molecule has 5 heteroatoms. The number of likely N-dealkylation sites (tertiary alicyclic amines) is 1. The summed E-state index contributed by atoms with van der Waals surface area (Å²) in [5.74, 6) is -1.01. The molecule has 1 heterocycles. The van der Waals surface area contributed by atoms with Gasteiger partial charge in [-0.15, -0.1) is 0 Å². The molecule has 5 nitrogen and oxygen atoms in total. The molecule has 2 aliphatic rings.